The fourth-order valence-electron chi connectivity index (χ4n) is 2.57. The summed E-state index contributed by atoms with van der Waals surface area (Å²) in [7, 11) is -2.25. The van der Waals surface area contributed by atoms with Crippen LogP contribution in [0.25, 0.3) is 11.4 Å². The van der Waals surface area contributed by atoms with Crippen LogP contribution in [0, 0.1) is 5.82 Å². The van der Waals surface area contributed by atoms with Crippen molar-refractivity contribution in [1.29, 1.82) is 0 Å². The number of aromatic nitrogens is 2. The normalized spacial score (nSPS) is 11.3. The lowest BCUT2D eigenvalue weighted by molar-refractivity contribution is -0.129. The number of amides is 1. The number of likely N-dealkylation sites (N-methyl/N-ethyl adjacent to an activating group) is 1. The highest BCUT2D eigenvalue weighted by molar-refractivity contribution is 7.92. The van der Waals surface area contributed by atoms with Crippen molar-refractivity contribution >= 4 is 21.6 Å². The Kier molecular flexibility index (Phi) is 5.92. The molecule has 29 heavy (non-hydrogen) atoms. The highest BCUT2D eigenvalue weighted by Gasteiger charge is 2.23. The molecule has 0 aliphatic heterocycles. The van der Waals surface area contributed by atoms with Gasteiger partial charge in [-0.2, -0.15) is 4.98 Å². The molecule has 0 unspecified atom stereocenters. The first kappa shape index (κ1) is 20.5. The Hall–Kier alpha value is -3.27. The van der Waals surface area contributed by atoms with Gasteiger partial charge in [0.05, 0.1) is 18.5 Å². The molecule has 0 atom stereocenters. The summed E-state index contributed by atoms with van der Waals surface area (Å²) in [4.78, 5) is 18.1. The summed E-state index contributed by atoms with van der Waals surface area (Å²) in [5.41, 5.74) is 0.968. The predicted octanol–water partition coefficient (Wildman–Crippen LogP) is 2.30. The summed E-state index contributed by atoms with van der Waals surface area (Å²) in [5.74, 6) is -0.381. The summed E-state index contributed by atoms with van der Waals surface area (Å²) >= 11 is 0. The standard InChI is InChI=1S/C19H19FN4O4S/c1-23(12-17-21-19(22-28-17)14-6-4-3-5-7-14)18(25)13-24(29(2,26)27)16-10-8-15(20)9-11-16/h3-11H,12-13H2,1-2H3. The van der Waals surface area contributed by atoms with E-state index in [0.717, 1.165) is 28.3 Å². The number of sulfonamides is 1. The van der Waals surface area contributed by atoms with Crippen LogP contribution in [-0.4, -0.2) is 49.2 Å². The molecule has 0 spiro atoms. The molecule has 1 amide bonds. The molecular weight excluding hydrogens is 399 g/mol. The van der Waals surface area contributed by atoms with Gasteiger partial charge in [0.1, 0.15) is 12.4 Å². The largest absolute Gasteiger partial charge is 0.337 e. The molecule has 1 aromatic heterocycles. The van der Waals surface area contributed by atoms with Gasteiger partial charge >= 0.3 is 0 Å². The summed E-state index contributed by atoms with van der Waals surface area (Å²) in [6.45, 7) is -0.430. The number of nitrogens with zero attached hydrogens (tertiary/aromatic N) is 4. The van der Waals surface area contributed by atoms with E-state index in [1.807, 2.05) is 30.3 Å². The Balaban J connectivity index is 1.70. The van der Waals surface area contributed by atoms with E-state index in [9.17, 15) is 17.6 Å². The van der Waals surface area contributed by atoms with Gasteiger partial charge in [-0.3, -0.25) is 9.10 Å². The van der Waals surface area contributed by atoms with E-state index in [1.165, 1.54) is 24.1 Å². The van der Waals surface area contributed by atoms with Crippen molar-refractivity contribution in [3.63, 3.8) is 0 Å². The maximum atomic E-state index is 13.1. The lowest BCUT2D eigenvalue weighted by Crippen LogP contribution is -2.41. The minimum absolute atomic E-state index is 0.0136. The van der Waals surface area contributed by atoms with Crippen LogP contribution < -0.4 is 4.31 Å². The fourth-order valence-corrected chi connectivity index (χ4v) is 3.42. The second-order valence-electron chi connectivity index (χ2n) is 6.37. The zero-order valence-corrected chi connectivity index (χ0v) is 16.6. The van der Waals surface area contributed by atoms with Crippen molar-refractivity contribution in [2.45, 2.75) is 6.54 Å². The van der Waals surface area contributed by atoms with E-state index in [0.29, 0.717) is 5.82 Å². The fraction of sp³-hybridized carbons (Fsp3) is 0.211. The summed E-state index contributed by atoms with van der Waals surface area (Å²) < 4.78 is 43.5. The lowest BCUT2D eigenvalue weighted by Gasteiger charge is -2.24. The van der Waals surface area contributed by atoms with E-state index in [4.69, 9.17) is 4.52 Å². The molecule has 0 bridgehead atoms. The van der Waals surface area contributed by atoms with Crippen LogP contribution in [0.15, 0.2) is 59.1 Å². The van der Waals surface area contributed by atoms with E-state index in [2.05, 4.69) is 10.1 Å². The molecule has 3 aromatic rings. The van der Waals surface area contributed by atoms with Crippen LogP contribution in [0.3, 0.4) is 0 Å². The van der Waals surface area contributed by atoms with E-state index in [1.54, 1.807) is 0 Å². The van der Waals surface area contributed by atoms with Crippen LogP contribution in [-0.2, 0) is 21.4 Å². The van der Waals surface area contributed by atoms with Gasteiger partial charge in [0.15, 0.2) is 0 Å². The molecule has 152 valence electrons. The molecule has 1 heterocycles. The van der Waals surface area contributed by atoms with Gasteiger partial charge in [-0.15, -0.1) is 0 Å². The first-order valence-electron chi connectivity index (χ1n) is 8.59. The Bertz CT molecular complexity index is 1080. The summed E-state index contributed by atoms with van der Waals surface area (Å²) in [6.07, 6.45) is 0.980. The Morgan fingerprint density at radius 2 is 1.76 bits per heavy atom. The third-order valence-electron chi connectivity index (χ3n) is 4.09. The molecule has 0 radical (unpaired) electrons. The van der Waals surface area contributed by atoms with Crippen molar-refractivity contribution < 1.29 is 22.1 Å². The van der Waals surface area contributed by atoms with Crippen molar-refractivity contribution in [2.24, 2.45) is 0 Å². The summed E-state index contributed by atoms with van der Waals surface area (Å²) in [5, 5.41) is 3.89. The van der Waals surface area contributed by atoms with Crippen molar-refractivity contribution in [2.75, 3.05) is 24.2 Å². The van der Waals surface area contributed by atoms with E-state index < -0.39 is 28.3 Å². The average molecular weight is 418 g/mol. The van der Waals surface area contributed by atoms with Gasteiger partial charge in [0, 0.05) is 12.6 Å². The average Bonchev–Trinajstić information content (AvgIpc) is 3.15. The first-order valence-corrected chi connectivity index (χ1v) is 10.4. The molecule has 0 fully saturated rings. The monoisotopic (exact) mass is 418 g/mol. The van der Waals surface area contributed by atoms with Crippen molar-refractivity contribution in [1.82, 2.24) is 15.0 Å². The molecule has 3 rings (SSSR count). The van der Waals surface area contributed by atoms with E-state index in [-0.39, 0.29) is 18.1 Å². The van der Waals surface area contributed by atoms with Crippen LogP contribution in [0.1, 0.15) is 5.89 Å². The molecule has 10 heteroatoms. The van der Waals surface area contributed by atoms with Crippen LogP contribution in [0.5, 0.6) is 0 Å². The Labute approximate surface area is 167 Å². The van der Waals surface area contributed by atoms with Crippen LogP contribution >= 0.6 is 0 Å². The number of rotatable bonds is 7. The van der Waals surface area contributed by atoms with Crippen LogP contribution in [0.4, 0.5) is 10.1 Å². The molecule has 0 N–H and O–H groups in total. The number of carbonyl (C=O) groups is 1. The SMILES string of the molecule is CN(Cc1nc(-c2ccccc2)no1)C(=O)CN(c1ccc(F)cc1)S(C)(=O)=O. The number of halogens is 1. The second-order valence-corrected chi connectivity index (χ2v) is 8.28. The molecule has 0 saturated carbocycles. The van der Waals surface area contributed by atoms with Crippen molar-refractivity contribution in [3.8, 4) is 11.4 Å². The Morgan fingerprint density at radius 3 is 2.38 bits per heavy atom. The van der Waals surface area contributed by atoms with Gasteiger partial charge in [-0.05, 0) is 24.3 Å². The minimum atomic E-state index is -3.75. The summed E-state index contributed by atoms with van der Waals surface area (Å²) in [6, 6.07) is 14.1. The van der Waals surface area contributed by atoms with Gasteiger partial charge in [-0.1, -0.05) is 35.5 Å². The maximum Gasteiger partial charge on any atom is 0.246 e. The molecule has 2 aromatic carbocycles. The van der Waals surface area contributed by atoms with Gasteiger partial charge in [0.25, 0.3) is 0 Å². The lowest BCUT2D eigenvalue weighted by atomic mass is 10.2. The van der Waals surface area contributed by atoms with Gasteiger partial charge in [-0.25, -0.2) is 12.8 Å². The number of hydrogen-bond donors (Lipinski definition) is 0. The van der Waals surface area contributed by atoms with Gasteiger partial charge < -0.3 is 9.42 Å². The molecule has 0 aliphatic rings. The quantitative estimate of drug-likeness (QED) is 0.584. The number of hydrogen-bond acceptors (Lipinski definition) is 6. The zero-order chi connectivity index (χ0) is 21.0. The molecule has 8 nitrogen and oxygen atoms in total. The smallest absolute Gasteiger partial charge is 0.246 e. The van der Waals surface area contributed by atoms with E-state index >= 15 is 0 Å². The maximum absolute atomic E-state index is 13.1. The third kappa shape index (κ3) is 5.17. The van der Waals surface area contributed by atoms with Crippen LogP contribution in [0.2, 0.25) is 0 Å². The molecule has 0 aliphatic carbocycles. The van der Waals surface area contributed by atoms with Crippen molar-refractivity contribution in [3.05, 3.63) is 66.3 Å². The second kappa shape index (κ2) is 8.39. The topological polar surface area (TPSA) is 96.6 Å². The highest BCUT2D eigenvalue weighted by Crippen LogP contribution is 2.19. The number of benzene rings is 2. The predicted molar refractivity (Wildman–Crippen MR) is 105 cm³/mol. The first-order chi connectivity index (χ1) is 13.7. The van der Waals surface area contributed by atoms with Gasteiger partial charge in [0.2, 0.25) is 27.6 Å². The zero-order valence-electron chi connectivity index (χ0n) is 15.8. The number of anilines is 1. The highest BCUT2D eigenvalue weighted by atomic mass is 32.2. The third-order valence-corrected chi connectivity index (χ3v) is 5.23. The number of carbonyl (C=O) groups excluding carboxylic acids is 1. The Morgan fingerprint density at radius 1 is 1.10 bits per heavy atom. The molecular formula is C19H19FN4O4S. The minimum Gasteiger partial charge on any atom is -0.337 e. The molecule has 0 saturated heterocycles.